The van der Waals surface area contributed by atoms with E-state index in [1.165, 1.54) is 25.0 Å². The lowest BCUT2D eigenvalue weighted by atomic mass is 10.0. The van der Waals surface area contributed by atoms with Crippen molar-refractivity contribution >= 4 is 28.7 Å². The van der Waals surface area contributed by atoms with Gasteiger partial charge in [-0.1, -0.05) is 18.2 Å². The summed E-state index contributed by atoms with van der Waals surface area (Å²) in [6.07, 6.45) is 4.93. The van der Waals surface area contributed by atoms with Crippen LogP contribution < -0.4 is 9.47 Å². The minimum atomic E-state index is -0.284. The van der Waals surface area contributed by atoms with Crippen molar-refractivity contribution in [3.8, 4) is 11.8 Å². The summed E-state index contributed by atoms with van der Waals surface area (Å²) in [7, 11) is 2.95. The fraction of sp³-hybridized carbons (Fsp3) is 0.125. The van der Waals surface area contributed by atoms with Crippen molar-refractivity contribution in [2.75, 3.05) is 14.2 Å². The molecule has 0 aliphatic rings. The molecule has 0 bridgehead atoms. The average molecular weight is 416 g/mol. The standard InChI is InChI=1S/C24H20N2O5/c1-15(23(27)16-12-21(29-2)25-22(13-16)30-3)11-17-14-26(19-8-5-4-7-18(17)19)24(28)20-9-6-10-31-20/h4-14H,1-3H3/b15-11+. The second-order valence-corrected chi connectivity index (χ2v) is 6.85. The highest BCUT2D eigenvalue weighted by atomic mass is 16.5. The molecule has 7 nitrogen and oxygen atoms in total. The Morgan fingerprint density at radius 2 is 1.74 bits per heavy atom. The number of allylic oxidation sites excluding steroid dienone is 1. The number of nitrogens with zero attached hydrogens (tertiary/aromatic N) is 2. The Kier molecular flexibility index (Phi) is 5.41. The van der Waals surface area contributed by atoms with Gasteiger partial charge in [-0.25, -0.2) is 0 Å². The number of rotatable bonds is 6. The van der Waals surface area contributed by atoms with Gasteiger partial charge in [0.25, 0.3) is 5.91 Å². The second kappa shape index (κ2) is 8.31. The largest absolute Gasteiger partial charge is 0.481 e. The quantitative estimate of drug-likeness (QED) is 0.337. The molecule has 0 fully saturated rings. The summed E-state index contributed by atoms with van der Waals surface area (Å²) in [5.41, 5.74) is 2.36. The van der Waals surface area contributed by atoms with Gasteiger partial charge in [0.1, 0.15) is 0 Å². The molecule has 0 aliphatic carbocycles. The number of para-hydroxylation sites is 1. The number of carbonyl (C=O) groups is 2. The monoisotopic (exact) mass is 416 g/mol. The molecule has 156 valence electrons. The number of furan rings is 1. The Labute approximate surface area is 178 Å². The SMILES string of the molecule is COc1cc(C(=O)/C(C)=C/c2cn(C(=O)c3ccco3)c3ccccc23)cc(OC)n1. The van der Waals surface area contributed by atoms with E-state index in [0.717, 1.165) is 16.5 Å². The van der Waals surface area contributed by atoms with Crippen LogP contribution in [0.25, 0.3) is 17.0 Å². The minimum absolute atomic E-state index is 0.201. The number of ether oxygens (including phenoxy) is 2. The first kappa shape index (κ1) is 20.2. The van der Waals surface area contributed by atoms with Crippen molar-refractivity contribution in [2.24, 2.45) is 0 Å². The molecule has 0 amide bonds. The lowest BCUT2D eigenvalue weighted by molar-refractivity contribution is 0.0937. The smallest absolute Gasteiger partial charge is 0.298 e. The van der Waals surface area contributed by atoms with Crippen LogP contribution in [0.2, 0.25) is 0 Å². The molecule has 0 saturated heterocycles. The zero-order valence-electron chi connectivity index (χ0n) is 17.3. The highest BCUT2D eigenvalue weighted by Crippen LogP contribution is 2.26. The topological polar surface area (TPSA) is 83.6 Å². The Bertz CT molecular complexity index is 1280. The number of aromatic nitrogens is 2. The minimum Gasteiger partial charge on any atom is -0.481 e. The Balaban J connectivity index is 1.76. The van der Waals surface area contributed by atoms with Gasteiger partial charge in [-0.2, -0.15) is 4.98 Å². The predicted molar refractivity (Wildman–Crippen MR) is 116 cm³/mol. The fourth-order valence-electron chi connectivity index (χ4n) is 3.36. The number of fused-ring (bicyclic) bond motifs is 1. The van der Waals surface area contributed by atoms with E-state index in [2.05, 4.69) is 4.98 Å². The van der Waals surface area contributed by atoms with Gasteiger partial charge in [0, 0.05) is 34.8 Å². The van der Waals surface area contributed by atoms with E-state index < -0.39 is 0 Å². The summed E-state index contributed by atoms with van der Waals surface area (Å²) < 4.78 is 17.1. The first-order chi connectivity index (χ1) is 15.0. The molecule has 7 heteroatoms. The second-order valence-electron chi connectivity index (χ2n) is 6.85. The lowest BCUT2D eigenvalue weighted by Gasteiger charge is -2.07. The van der Waals surface area contributed by atoms with E-state index >= 15 is 0 Å². The maximum atomic E-state index is 13.1. The summed E-state index contributed by atoms with van der Waals surface area (Å²) in [5, 5.41) is 0.847. The van der Waals surface area contributed by atoms with Crippen LogP contribution in [0.5, 0.6) is 11.8 Å². The maximum absolute atomic E-state index is 13.1. The number of ketones is 1. The van der Waals surface area contributed by atoms with Crippen molar-refractivity contribution in [1.82, 2.24) is 9.55 Å². The summed E-state index contributed by atoms with van der Waals surface area (Å²) in [6.45, 7) is 1.72. The molecule has 0 radical (unpaired) electrons. The molecule has 0 spiro atoms. The van der Waals surface area contributed by atoms with Gasteiger partial charge in [-0.15, -0.1) is 0 Å². The Morgan fingerprint density at radius 1 is 1.03 bits per heavy atom. The molecule has 1 aromatic carbocycles. The number of carbonyl (C=O) groups excluding carboxylic acids is 2. The molecule has 4 rings (SSSR count). The van der Waals surface area contributed by atoms with Gasteiger partial charge in [0.05, 0.1) is 26.0 Å². The third-order valence-corrected chi connectivity index (χ3v) is 4.88. The average Bonchev–Trinajstić information content (AvgIpc) is 3.46. The van der Waals surface area contributed by atoms with Gasteiger partial charge < -0.3 is 13.9 Å². The number of benzene rings is 1. The van der Waals surface area contributed by atoms with E-state index in [1.807, 2.05) is 24.3 Å². The predicted octanol–water partition coefficient (Wildman–Crippen LogP) is 4.62. The molecule has 3 aromatic heterocycles. The van der Waals surface area contributed by atoms with Crippen LogP contribution >= 0.6 is 0 Å². The van der Waals surface area contributed by atoms with E-state index in [4.69, 9.17) is 13.9 Å². The first-order valence-electron chi connectivity index (χ1n) is 9.53. The molecule has 31 heavy (non-hydrogen) atoms. The molecule has 3 heterocycles. The van der Waals surface area contributed by atoms with Crippen molar-refractivity contribution in [3.05, 3.63) is 83.5 Å². The summed E-state index contributed by atoms with van der Waals surface area (Å²) in [5.74, 6) is 0.328. The zero-order chi connectivity index (χ0) is 22.0. The summed E-state index contributed by atoms with van der Waals surface area (Å²) in [4.78, 5) is 30.0. The van der Waals surface area contributed by atoms with Gasteiger partial charge >= 0.3 is 0 Å². The van der Waals surface area contributed by atoms with Crippen molar-refractivity contribution in [1.29, 1.82) is 0 Å². The first-order valence-corrected chi connectivity index (χ1v) is 9.53. The number of Topliss-reactive ketones (excluding diaryl/α,β-unsaturated/α-hetero) is 1. The van der Waals surface area contributed by atoms with Crippen LogP contribution in [0, 0.1) is 0 Å². The zero-order valence-corrected chi connectivity index (χ0v) is 17.3. The third-order valence-electron chi connectivity index (χ3n) is 4.88. The number of hydrogen-bond donors (Lipinski definition) is 0. The molecule has 0 unspecified atom stereocenters. The van der Waals surface area contributed by atoms with Crippen LogP contribution in [0.3, 0.4) is 0 Å². The molecule has 0 saturated carbocycles. The van der Waals surface area contributed by atoms with E-state index in [0.29, 0.717) is 11.1 Å². The molecule has 0 atom stereocenters. The van der Waals surface area contributed by atoms with E-state index in [9.17, 15) is 9.59 Å². The fourth-order valence-corrected chi connectivity index (χ4v) is 3.36. The van der Waals surface area contributed by atoms with E-state index in [1.54, 1.807) is 43.5 Å². The van der Waals surface area contributed by atoms with Gasteiger partial charge in [0.2, 0.25) is 11.8 Å². The van der Waals surface area contributed by atoms with Crippen LogP contribution in [0.4, 0.5) is 0 Å². The summed E-state index contributed by atoms with van der Waals surface area (Å²) in [6, 6.07) is 13.9. The number of hydrogen-bond acceptors (Lipinski definition) is 6. The molecule has 0 N–H and O–H groups in total. The number of pyridine rings is 1. The Hall–Kier alpha value is -4.13. The van der Waals surface area contributed by atoms with Gasteiger partial charge in [0.15, 0.2) is 11.5 Å². The molecule has 0 aliphatic heterocycles. The van der Waals surface area contributed by atoms with Crippen LogP contribution in [0.15, 0.2) is 71.0 Å². The highest BCUT2D eigenvalue weighted by Gasteiger charge is 2.18. The van der Waals surface area contributed by atoms with Crippen molar-refractivity contribution in [2.45, 2.75) is 6.92 Å². The molecular formula is C24H20N2O5. The van der Waals surface area contributed by atoms with Crippen LogP contribution in [-0.2, 0) is 0 Å². The lowest BCUT2D eigenvalue weighted by Crippen LogP contribution is -2.09. The normalized spacial score (nSPS) is 11.5. The van der Waals surface area contributed by atoms with Crippen molar-refractivity contribution in [3.63, 3.8) is 0 Å². The van der Waals surface area contributed by atoms with E-state index in [-0.39, 0.29) is 29.2 Å². The summed E-state index contributed by atoms with van der Waals surface area (Å²) >= 11 is 0. The maximum Gasteiger partial charge on any atom is 0.298 e. The van der Waals surface area contributed by atoms with Crippen LogP contribution in [-0.4, -0.2) is 35.5 Å². The Morgan fingerprint density at radius 3 is 2.39 bits per heavy atom. The molecular weight excluding hydrogens is 396 g/mol. The van der Waals surface area contributed by atoms with Gasteiger partial charge in [-0.05, 0) is 36.8 Å². The number of methoxy groups -OCH3 is 2. The third kappa shape index (κ3) is 3.85. The highest BCUT2D eigenvalue weighted by molar-refractivity contribution is 6.12. The van der Waals surface area contributed by atoms with Crippen molar-refractivity contribution < 1.29 is 23.5 Å². The van der Waals surface area contributed by atoms with Crippen LogP contribution in [0.1, 0.15) is 33.4 Å². The molecule has 4 aromatic rings. The van der Waals surface area contributed by atoms with Gasteiger partial charge in [-0.3, -0.25) is 14.2 Å².